The molecule has 0 saturated carbocycles. The fourth-order valence-electron chi connectivity index (χ4n) is 2.44. The van der Waals surface area contributed by atoms with E-state index < -0.39 is 0 Å². The van der Waals surface area contributed by atoms with Gasteiger partial charge in [0.2, 0.25) is 11.8 Å². The van der Waals surface area contributed by atoms with Gasteiger partial charge >= 0.3 is 0 Å². The highest BCUT2D eigenvalue weighted by Gasteiger charge is 2.13. The number of nitrogens with zero attached hydrogens (tertiary/aromatic N) is 2. The molecule has 0 spiro atoms. The van der Waals surface area contributed by atoms with Gasteiger partial charge in [-0.15, -0.1) is 11.8 Å². The van der Waals surface area contributed by atoms with Crippen molar-refractivity contribution >= 4 is 23.6 Å². The molecule has 3 rings (SSSR count). The third kappa shape index (κ3) is 5.68. The van der Waals surface area contributed by atoms with Crippen molar-refractivity contribution in [2.24, 2.45) is 0 Å². The highest BCUT2D eigenvalue weighted by Crippen LogP contribution is 2.25. The summed E-state index contributed by atoms with van der Waals surface area (Å²) in [5, 5.41) is 9.30. The maximum atomic E-state index is 12.5. The van der Waals surface area contributed by atoms with Crippen molar-refractivity contribution < 1.29 is 14.1 Å². The quantitative estimate of drug-likeness (QED) is 0.568. The Morgan fingerprint density at radius 2 is 1.79 bits per heavy atom. The van der Waals surface area contributed by atoms with Crippen LogP contribution in [0.3, 0.4) is 0 Å². The molecule has 0 atom stereocenters. The van der Waals surface area contributed by atoms with Crippen molar-refractivity contribution in [3.63, 3.8) is 0 Å². The average molecular weight is 396 g/mol. The molecular weight excluding hydrogens is 376 g/mol. The second kappa shape index (κ2) is 9.70. The molecule has 0 fully saturated rings. The van der Waals surface area contributed by atoms with Crippen LogP contribution in [-0.2, 0) is 17.1 Å². The minimum atomic E-state index is -0.303. The number of hydrogen-bond acceptors (Lipinski definition) is 6. The second-order valence-electron chi connectivity index (χ2n) is 5.96. The predicted molar refractivity (Wildman–Crippen MR) is 106 cm³/mol. The van der Waals surface area contributed by atoms with E-state index in [9.17, 15) is 9.59 Å². The zero-order valence-corrected chi connectivity index (χ0v) is 16.2. The molecule has 7 nitrogen and oxygen atoms in total. The third-order valence-electron chi connectivity index (χ3n) is 3.80. The lowest BCUT2D eigenvalue weighted by atomic mass is 10.2. The Kier molecular flexibility index (Phi) is 6.80. The minimum Gasteiger partial charge on any atom is -0.350 e. The second-order valence-corrected chi connectivity index (χ2v) is 6.98. The predicted octanol–water partition coefficient (Wildman–Crippen LogP) is 2.72. The summed E-state index contributed by atoms with van der Waals surface area (Å²) in [5.41, 5.74) is 1.50. The summed E-state index contributed by atoms with van der Waals surface area (Å²) in [6.45, 7) is 2.06. The third-order valence-corrected chi connectivity index (χ3v) is 4.87. The molecule has 0 aliphatic rings. The molecule has 0 aliphatic heterocycles. The van der Waals surface area contributed by atoms with E-state index in [1.165, 1.54) is 11.8 Å². The van der Waals surface area contributed by atoms with Gasteiger partial charge < -0.3 is 15.2 Å². The Morgan fingerprint density at radius 1 is 1.04 bits per heavy atom. The lowest BCUT2D eigenvalue weighted by Crippen LogP contribution is -2.36. The number of thioether (sulfide) groups is 1. The lowest BCUT2D eigenvalue weighted by molar-refractivity contribution is -0.120. The number of aromatic nitrogens is 2. The van der Waals surface area contributed by atoms with Crippen molar-refractivity contribution in [3.8, 4) is 0 Å². The van der Waals surface area contributed by atoms with E-state index in [0.29, 0.717) is 29.6 Å². The van der Waals surface area contributed by atoms with Gasteiger partial charge in [-0.2, -0.15) is 4.98 Å². The summed E-state index contributed by atoms with van der Waals surface area (Å²) in [5.74, 6) is 1.01. The topological polar surface area (TPSA) is 97.1 Å². The van der Waals surface area contributed by atoms with Crippen molar-refractivity contribution in [1.82, 2.24) is 20.8 Å². The zero-order chi connectivity index (χ0) is 19.8. The maximum Gasteiger partial charge on any atom is 0.252 e. The molecule has 28 heavy (non-hydrogen) atoms. The zero-order valence-electron chi connectivity index (χ0n) is 15.3. The van der Waals surface area contributed by atoms with Crippen molar-refractivity contribution in [1.29, 1.82) is 0 Å². The number of aryl methyl sites for hydroxylation is 1. The van der Waals surface area contributed by atoms with Crippen LogP contribution in [0.4, 0.5) is 0 Å². The number of hydrogen-bond donors (Lipinski definition) is 2. The Hall–Kier alpha value is -3.13. The molecule has 0 unspecified atom stereocenters. The Labute approximate surface area is 166 Å². The van der Waals surface area contributed by atoms with Crippen LogP contribution in [0.15, 0.2) is 64.0 Å². The fourth-order valence-corrected chi connectivity index (χ4v) is 3.33. The molecule has 1 heterocycles. The van der Waals surface area contributed by atoms with E-state index in [2.05, 4.69) is 20.8 Å². The average Bonchev–Trinajstić information content (AvgIpc) is 3.15. The summed E-state index contributed by atoms with van der Waals surface area (Å²) in [4.78, 5) is 29.4. The van der Waals surface area contributed by atoms with Crippen LogP contribution in [0.1, 0.15) is 27.6 Å². The molecule has 2 amide bonds. The molecule has 0 aliphatic carbocycles. The van der Waals surface area contributed by atoms with Gasteiger partial charge in [0.15, 0.2) is 5.82 Å². The number of carbonyl (C=O) groups is 2. The van der Waals surface area contributed by atoms with Crippen molar-refractivity contribution in [3.05, 3.63) is 77.4 Å². The Balaban J connectivity index is 1.51. The van der Waals surface area contributed by atoms with Crippen LogP contribution >= 0.6 is 11.8 Å². The van der Waals surface area contributed by atoms with Gasteiger partial charge in [0, 0.05) is 18.4 Å². The minimum absolute atomic E-state index is 0.0886. The van der Waals surface area contributed by atoms with Gasteiger partial charge in [0.1, 0.15) is 0 Å². The number of benzene rings is 2. The molecule has 0 bridgehead atoms. The summed E-state index contributed by atoms with van der Waals surface area (Å²) >= 11 is 1.44. The van der Waals surface area contributed by atoms with Gasteiger partial charge in [0.05, 0.1) is 17.9 Å². The molecule has 0 radical (unpaired) electrons. The highest BCUT2D eigenvalue weighted by atomic mass is 32.2. The summed E-state index contributed by atoms with van der Waals surface area (Å²) in [7, 11) is 0. The van der Waals surface area contributed by atoms with Crippen LogP contribution in [0.5, 0.6) is 0 Å². The lowest BCUT2D eigenvalue weighted by Gasteiger charge is -2.10. The monoisotopic (exact) mass is 396 g/mol. The van der Waals surface area contributed by atoms with Gasteiger partial charge in [-0.05, 0) is 17.7 Å². The number of rotatable bonds is 8. The number of carbonyl (C=O) groups excluding carboxylic acids is 2. The van der Waals surface area contributed by atoms with Crippen LogP contribution in [0, 0.1) is 6.92 Å². The van der Waals surface area contributed by atoms with Gasteiger partial charge in [-0.3, -0.25) is 9.59 Å². The molecule has 3 aromatic rings. The first kappa shape index (κ1) is 19.6. The Bertz CT molecular complexity index is 943. The van der Waals surface area contributed by atoms with E-state index in [4.69, 9.17) is 4.52 Å². The van der Waals surface area contributed by atoms with E-state index in [1.807, 2.05) is 42.5 Å². The van der Waals surface area contributed by atoms with E-state index >= 15 is 0 Å². The van der Waals surface area contributed by atoms with E-state index in [1.54, 1.807) is 19.1 Å². The largest absolute Gasteiger partial charge is 0.350 e. The van der Waals surface area contributed by atoms with Crippen molar-refractivity contribution in [2.75, 3.05) is 6.54 Å². The molecule has 144 valence electrons. The van der Waals surface area contributed by atoms with E-state index in [0.717, 1.165) is 10.5 Å². The first-order valence-corrected chi connectivity index (χ1v) is 9.70. The fraction of sp³-hybridized carbons (Fsp3) is 0.200. The van der Waals surface area contributed by atoms with Crippen LogP contribution < -0.4 is 10.6 Å². The van der Waals surface area contributed by atoms with Crippen molar-refractivity contribution in [2.45, 2.75) is 24.1 Å². The molecule has 8 heteroatoms. The molecule has 2 N–H and O–H groups in total. The first-order chi connectivity index (χ1) is 13.6. The molecule has 0 saturated heterocycles. The number of nitrogens with one attached hydrogen (secondary N) is 2. The summed E-state index contributed by atoms with van der Waals surface area (Å²) in [6.07, 6.45) is 0. The number of amides is 2. The van der Waals surface area contributed by atoms with Crippen LogP contribution in [0.25, 0.3) is 0 Å². The molecule has 2 aromatic carbocycles. The van der Waals surface area contributed by atoms with Crippen LogP contribution in [0.2, 0.25) is 0 Å². The van der Waals surface area contributed by atoms with Crippen LogP contribution in [-0.4, -0.2) is 28.5 Å². The SMILES string of the molecule is Cc1nc(CSc2ccccc2C(=O)NCC(=O)NCc2ccccc2)no1. The normalized spacial score (nSPS) is 10.5. The first-order valence-electron chi connectivity index (χ1n) is 8.71. The van der Waals surface area contributed by atoms with Gasteiger partial charge in [-0.25, -0.2) is 0 Å². The van der Waals surface area contributed by atoms with Gasteiger partial charge in [-0.1, -0.05) is 47.6 Å². The van der Waals surface area contributed by atoms with E-state index in [-0.39, 0.29) is 18.4 Å². The molecular formula is C20H20N4O3S. The van der Waals surface area contributed by atoms with Gasteiger partial charge in [0.25, 0.3) is 5.91 Å². The molecule has 1 aromatic heterocycles. The smallest absolute Gasteiger partial charge is 0.252 e. The summed E-state index contributed by atoms with van der Waals surface area (Å²) < 4.78 is 4.95. The Morgan fingerprint density at radius 3 is 2.54 bits per heavy atom. The highest BCUT2D eigenvalue weighted by molar-refractivity contribution is 7.98. The standard InChI is InChI=1S/C20H20N4O3S/c1-14-23-18(24-27-14)13-28-17-10-6-5-9-16(17)20(26)22-12-19(25)21-11-15-7-3-2-4-8-15/h2-10H,11-13H2,1H3,(H,21,25)(H,22,26). The maximum absolute atomic E-state index is 12.5. The summed E-state index contributed by atoms with van der Waals surface area (Å²) in [6, 6.07) is 16.8.